The first-order valence-electron chi connectivity index (χ1n) is 8.17. The lowest BCUT2D eigenvalue weighted by Crippen LogP contribution is -2.39. The molecule has 1 aliphatic carbocycles. The monoisotopic (exact) mass is 301 g/mol. The lowest BCUT2D eigenvalue weighted by Gasteiger charge is -2.32. The highest BCUT2D eigenvalue weighted by molar-refractivity contribution is 6.00. The largest absolute Gasteiger partial charge is 0.357 e. The number of imide groups is 1. The fourth-order valence-corrected chi connectivity index (χ4v) is 3.48. The molecule has 22 heavy (non-hydrogen) atoms. The molecule has 1 saturated carbocycles. The van der Waals surface area contributed by atoms with Gasteiger partial charge in [0.15, 0.2) is 0 Å². The predicted octanol–water partition coefficient (Wildman–Crippen LogP) is 2.37. The Hall–Kier alpha value is -1.91. The molecule has 1 saturated heterocycles. The zero-order valence-corrected chi connectivity index (χ0v) is 13.0. The summed E-state index contributed by atoms with van der Waals surface area (Å²) in [5, 5.41) is 2.40. The van der Waals surface area contributed by atoms with E-state index in [0.717, 1.165) is 11.4 Å². The Bertz CT molecular complexity index is 550. The Labute approximate surface area is 131 Å². The second-order valence-electron chi connectivity index (χ2n) is 6.36. The van der Waals surface area contributed by atoms with Crippen LogP contribution in [0.3, 0.4) is 0 Å². The summed E-state index contributed by atoms with van der Waals surface area (Å²) in [6.45, 7) is 0. The van der Waals surface area contributed by atoms with Gasteiger partial charge in [-0.1, -0.05) is 25.3 Å². The van der Waals surface area contributed by atoms with Crippen LogP contribution in [0.1, 0.15) is 56.4 Å². The number of aromatic nitrogens is 1. The van der Waals surface area contributed by atoms with Gasteiger partial charge in [0.25, 0.3) is 0 Å². The Kier molecular flexibility index (Phi) is 4.41. The number of anilines is 1. The van der Waals surface area contributed by atoms with E-state index in [-0.39, 0.29) is 17.7 Å². The van der Waals surface area contributed by atoms with Crippen LogP contribution < -0.4 is 10.2 Å². The second-order valence-corrected chi connectivity index (χ2v) is 6.36. The van der Waals surface area contributed by atoms with Crippen molar-refractivity contribution >= 4 is 17.6 Å². The van der Waals surface area contributed by atoms with Crippen LogP contribution in [0, 0.1) is 0 Å². The van der Waals surface area contributed by atoms with Crippen molar-refractivity contribution in [2.75, 3.05) is 11.9 Å². The minimum Gasteiger partial charge on any atom is -0.357 e. The Morgan fingerprint density at radius 3 is 2.55 bits per heavy atom. The van der Waals surface area contributed by atoms with Crippen molar-refractivity contribution in [1.82, 2.24) is 10.3 Å². The van der Waals surface area contributed by atoms with Gasteiger partial charge >= 0.3 is 0 Å². The van der Waals surface area contributed by atoms with Gasteiger partial charge in [0, 0.05) is 25.7 Å². The van der Waals surface area contributed by atoms with E-state index in [2.05, 4.69) is 22.2 Å². The highest BCUT2D eigenvalue weighted by Gasteiger charge is 2.28. The summed E-state index contributed by atoms with van der Waals surface area (Å²) in [5.41, 5.74) is 0.894. The van der Waals surface area contributed by atoms with Crippen molar-refractivity contribution in [2.24, 2.45) is 0 Å². The summed E-state index contributed by atoms with van der Waals surface area (Å²) < 4.78 is 0. The molecular weight excluding hydrogens is 278 g/mol. The average molecular weight is 301 g/mol. The number of rotatable bonds is 3. The third-order valence-corrected chi connectivity index (χ3v) is 4.90. The number of pyridine rings is 1. The molecule has 5 nitrogen and oxygen atoms in total. The molecule has 1 aliphatic heterocycles. The molecule has 118 valence electrons. The summed E-state index contributed by atoms with van der Waals surface area (Å²) in [7, 11) is 2.10. The number of nitrogens with one attached hydrogen (secondary N) is 1. The van der Waals surface area contributed by atoms with Crippen LogP contribution in [-0.4, -0.2) is 29.9 Å². The smallest absolute Gasteiger partial charge is 0.234 e. The molecule has 1 aromatic rings. The van der Waals surface area contributed by atoms with Gasteiger partial charge in [0.05, 0.1) is 5.92 Å². The van der Waals surface area contributed by atoms with Crippen molar-refractivity contribution in [1.29, 1.82) is 0 Å². The van der Waals surface area contributed by atoms with E-state index in [9.17, 15) is 9.59 Å². The minimum atomic E-state index is -0.251. The molecule has 0 radical (unpaired) electrons. The third-order valence-electron chi connectivity index (χ3n) is 4.90. The van der Waals surface area contributed by atoms with Crippen molar-refractivity contribution in [3.05, 3.63) is 23.9 Å². The van der Waals surface area contributed by atoms with E-state index in [1.807, 2.05) is 12.1 Å². The van der Waals surface area contributed by atoms with Crippen LogP contribution in [0.2, 0.25) is 0 Å². The maximum atomic E-state index is 11.9. The lowest BCUT2D eigenvalue weighted by molar-refractivity contribution is -0.134. The van der Waals surface area contributed by atoms with Crippen molar-refractivity contribution in [2.45, 2.75) is 56.9 Å². The summed E-state index contributed by atoms with van der Waals surface area (Å²) in [5.74, 6) is 0.330. The average Bonchev–Trinajstić information content (AvgIpc) is 2.55. The molecule has 0 bridgehead atoms. The van der Waals surface area contributed by atoms with Gasteiger partial charge in [-0.2, -0.15) is 0 Å². The number of hydrogen-bond acceptors (Lipinski definition) is 4. The Morgan fingerprint density at radius 2 is 1.91 bits per heavy atom. The van der Waals surface area contributed by atoms with E-state index >= 15 is 0 Å². The second kappa shape index (κ2) is 6.46. The summed E-state index contributed by atoms with van der Waals surface area (Å²) in [4.78, 5) is 29.9. The van der Waals surface area contributed by atoms with Crippen molar-refractivity contribution in [3.8, 4) is 0 Å². The zero-order valence-electron chi connectivity index (χ0n) is 13.0. The summed E-state index contributed by atoms with van der Waals surface area (Å²) in [6.07, 6.45) is 9.15. The van der Waals surface area contributed by atoms with E-state index in [1.165, 1.54) is 32.1 Å². The van der Waals surface area contributed by atoms with Crippen LogP contribution in [0.5, 0.6) is 0 Å². The molecule has 3 rings (SSSR count). The fourth-order valence-electron chi connectivity index (χ4n) is 3.48. The number of hydrogen-bond donors (Lipinski definition) is 1. The Morgan fingerprint density at radius 1 is 1.14 bits per heavy atom. The molecule has 2 heterocycles. The van der Waals surface area contributed by atoms with Gasteiger partial charge in [-0.25, -0.2) is 4.98 Å². The Balaban J connectivity index is 1.69. The summed E-state index contributed by atoms with van der Waals surface area (Å²) >= 11 is 0. The molecule has 2 fully saturated rings. The first-order chi connectivity index (χ1) is 10.6. The number of carbonyl (C=O) groups excluding carboxylic acids is 2. The van der Waals surface area contributed by atoms with Crippen LogP contribution in [0.4, 0.5) is 5.82 Å². The van der Waals surface area contributed by atoms with E-state index in [1.54, 1.807) is 6.20 Å². The topological polar surface area (TPSA) is 62.3 Å². The minimum absolute atomic E-state index is 0.178. The SMILES string of the molecule is CN(c1ccc(C2CCC(=O)NC2=O)cn1)C1CCCCC1. The molecule has 0 aromatic carbocycles. The fraction of sp³-hybridized carbons (Fsp3) is 0.588. The van der Waals surface area contributed by atoms with E-state index in [4.69, 9.17) is 0 Å². The molecular formula is C17H23N3O2. The quantitative estimate of drug-likeness (QED) is 0.871. The highest BCUT2D eigenvalue weighted by atomic mass is 16.2. The van der Waals surface area contributed by atoms with Gasteiger partial charge in [-0.15, -0.1) is 0 Å². The third kappa shape index (κ3) is 3.13. The van der Waals surface area contributed by atoms with Gasteiger partial charge in [-0.3, -0.25) is 14.9 Å². The van der Waals surface area contributed by atoms with Crippen molar-refractivity contribution in [3.63, 3.8) is 0 Å². The molecule has 1 atom stereocenters. The zero-order chi connectivity index (χ0) is 15.5. The maximum absolute atomic E-state index is 11.9. The predicted molar refractivity (Wildman–Crippen MR) is 84.6 cm³/mol. The van der Waals surface area contributed by atoms with Gasteiger partial charge < -0.3 is 4.90 Å². The maximum Gasteiger partial charge on any atom is 0.234 e. The number of amides is 2. The van der Waals surface area contributed by atoms with Crippen LogP contribution in [-0.2, 0) is 9.59 Å². The van der Waals surface area contributed by atoms with Crippen LogP contribution >= 0.6 is 0 Å². The number of piperidine rings is 1. The normalized spacial score (nSPS) is 23.2. The number of nitrogens with zero attached hydrogens (tertiary/aromatic N) is 2. The standard InChI is InChI=1S/C17H23N3O2/c1-20(13-5-3-2-4-6-13)15-9-7-12(11-18-15)14-8-10-16(21)19-17(14)22/h7,9,11,13-14H,2-6,8,10H2,1H3,(H,19,21,22). The molecule has 5 heteroatoms. The molecule has 2 amide bonds. The molecule has 1 N–H and O–H groups in total. The van der Waals surface area contributed by atoms with Crippen molar-refractivity contribution < 1.29 is 9.59 Å². The molecule has 2 aliphatic rings. The first-order valence-corrected chi connectivity index (χ1v) is 8.17. The highest BCUT2D eigenvalue weighted by Crippen LogP contribution is 2.28. The summed E-state index contributed by atoms with van der Waals surface area (Å²) in [6, 6.07) is 4.54. The lowest BCUT2D eigenvalue weighted by atomic mass is 9.91. The molecule has 1 unspecified atom stereocenters. The molecule has 1 aromatic heterocycles. The van der Waals surface area contributed by atoms with Gasteiger partial charge in [0.1, 0.15) is 5.82 Å². The van der Waals surface area contributed by atoms with Crippen LogP contribution in [0.15, 0.2) is 18.3 Å². The first kappa shape index (κ1) is 15.0. The van der Waals surface area contributed by atoms with Gasteiger partial charge in [-0.05, 0) is 30.9 Å². The number of carbonyl (C=O) groups is 2. The van der Waals surface area contributed by atoms with Crippen LogP contribution in [0.25, 0.3) is 0 Å². The molecule has 0 spiro atoms. The van der Waals surface area contributed by atoms with E-state index < -0.39 is 0 Å². The van der Waals surface area contributed by atoms with E-state index in [0.29, 0.717) is 18.9 Å². The van der Waals surface area contributed by atoms with Gasteiger partial charge in [0.2, 0.25) is 11.8 Å².